The Morgan fingerprint density at radius 3 is 2.53 bits per heavy atom. The maximum Gasteiger partial charge on any atom is 0.242 e. The van der Waals surface area contributed by atoms with Gasteiger partial charge in [0.05, 0.1) is 5.54 Å². The fourth-order valence-electron chi connectivity index (χ4n) is 1.89. The van der Waals surface area contributed by atoms with Crippen molar-refractivity contribution >= 4 is 17.7 Å². The Labute approximate surface area is 95.8 Å². The first-order valence-electron chi connectivity index (χ1n) is 5.65. The number of hydrogen-bond acceptors (Lipinski definition) is 3. The SMILES string of the molecule is CC1(C)CCN(C(=O)C2(N)CC2)CCS1. The lowest BCUT2D eigenvalue weighted by molar-refractivity contribution is -0.133. The Morgan fingerprint density at radius 1 is 1.27 bits per heavy atom. The predicted molar refractivity (Wildman–Crippen MR) is 63.9 cm³/mol. The number of carbonyl (C=O) groups is 1. The van der Waals surface area contributed by atoms with Crippen LogP contribution in [0.25, 0.3) is 0 Å². The molecule has 1 aliphatic heterocycles. The fraction of sp³-hybridized carbons (Fsp3) is 0.909. The highest BCUT2D eigenvalue weighted by atomic mass is 32.2. The maximum absolute atomic E-state index is 12.0. The molecular weight excluding hydrogens is 208 g/mol. The zero-order chi connectivity index (χ0) is 11.1. The van der Waals surface area contributed by atoms with Crippen LogP contribution in [-0.2, 0) is 4.79 Å². The summed E-state index contributed by atoms with van der Waals surface area (Å²) in [7, 11) is 0. The van der Waals surface area contributed by atoms with Gasteiger partial charge in [0.2, 0.25) is 5.91 Å². The Morgan fingerprint density at radius 2 is 1.93 bits per heavy atom. The molecule has 1 heterocycles. The summed E-state index contributed by atoms with van der Waals surface area (Å²) in [6.45, 7) is 6.24. The van der Waals surface area contributed by atoms with Gasteiger partial charge in [-0.15, -0.1) is 0 Å². The number of carbonyl (C=O) groups excluding carboxylic acids is 1. The lowest BCUT2D eigenvalue weighted by atomic mass is 10.1. The smallest absolute Gasteiger partial charge is 0.242 e. The van der Waals surface area contributed by atoms with E-state index in [0.717, 1.165) is 38.1 Å². The molecule has 2 N–H and O–H groups in total. The molecule has 1 aliphatic carbocycles. The minimum Gasteiger partial charge on any atom is -0.340 e. The third kappa shape index (κ3) is 2.48. The second kappa shape index (κ2) is 3.67. The van der Waals surface area contributed by atoms with Crippen LogP contribution in [0.1, 0.15) is 33.1 Å². The van der Waals surface area contributed by atoms with E-state index in [-0.39, 0.29) is 5.91 Å². The fourth-order valence-corrected chi connectivity index (χ4v) is 2.99. The molecule has 0 radical (unpaired) electrons. The average molecular weight is 228 g/mol. The molecule has 0 aromatic rings. The van der Waals surface area contributed by atoms with Crippen molar-refractivity contribution in [3.8, 4) is 0 Å². The molecule has 15 heavy (non-hydrogen) atoms. The van der Waals surface area contributed by atoms with Gasteiger partial charge in [0.15, 0.2) is 0 Å². The molecule has 0 atom stereocenters. The normalized spacial score (nSPS) is 28.3. The number of amides is 1. The van der Waals surface area contributed by atoms with Gasteiger partial charge in [-0.25, -0.2) is 0 Å². The molecule has 3 nitrogen and oxygen atoms in total. The van der Waals surface area contributed by atoms with Crippen molar-refractivity contribution in [2.24, 2.45) is 5.73 Å². The summed E-state index contributed by atoms with van der Waals surface area (Å²) in [5.74, 6) is 1.22. The van der Waals surface area contributed by atoms with E-state index in [1.165, 1.54) is 0 Å². The van der Waals surface area contributed by atoms with E-state index in [4.69, 9.17) is 5.73 Å². The molecule has 0 aromatic carbocycles. The molecule has 2 aliphatic rings. The van der Waals surface area contributed by atoms with Crippen LogP contribution >= 0.6 is 11.8 Å². The number of rotatable bonds is 1. The summed E-state index contributed by atoms with van der Waals surface area (Å²) in [5.41, 5.74) is 5.45. The first-order chi connectivity index (χ1) is 6.93. The molecule has 2 fully saturated rings. The van der Waals surface area contributed by atoms with E-state index >= 15 is 0 Å². The van der Waals surface area contributed by atoms with Crippen LogP contribution in [0, 0.1) is 0 Å². The third-order valence-corrected chi connectivity index (χ3v) is 4.71. The van der Waals surface area contributed by atoms with E-state index in [0.29, 0.717) is 4.75 Å². The van der Waals surface area contributed by atoms with Gasteiger partial charge in [0, 0.05) is 23.6 Å². The standard InChI is InChI=1S/C11H20N2OS/c1-10(2)5-6-13(7-8-15-10)9(14)11(12)3-4-11/h3-8,12H2,1-2H3. The van der Waals surface area contributed by atoms with Crippen LogP contribution in [0.15, 0.2) is 0 Å². The van der Waals surface area contributed by atoms with Crippen LogP contribution in [0.4, 0.5) is 0 Å². The quantitative estimate of drug-likeness (QED) is 0.734. The third-order valence-electron chi connectivity index (χ3n) is 3.34. The molecule has 1 amide bonds. The Hall–Kier alpha value is -0.220. The number of hydrogen-bond donors (Lipinski definition) is 1. The van der Waals surface area contributed by atoms with Crippen molar-refractivity contribution in [1.82, 2.24) is 4.90 Å². The zero-order valence-corrected chi connectivity index (χ0v) is 10.4. The van der Waals surface area contributed by atoms with Crippen LogP contribution in [0.3, 0.4) is 0 Å². The summed E-state index contributed by atoms with van der Waals surface area (Å²) in [4.78, 5) is 14.0. The maximum atomic E-state index is 12.0. The van der Waals surface area contributed by atoms with E-state index in [1.807, 2.05) is 16.7 Å². The second-order valence-corrected chi connectivity index (χ2v) is 7.11. The van der Waals surface area contributed by atoms with Gasteiger partial charge in [-0.05, 0) is 19.3 Å². The lowest BCUT2D eigenvalue weighted by Crippen LogP contribution is -2.46. The van der Waals surface area contributed by atoms with Crippen molar-refractivity contribution in [3.05, 3.63) is 0 Å². The van der Waals surface area contributed by atoms with Crippen LogP contribution in [-0.4, -0.2) is 39.9 Å². The molecule has 4 heteroatoms. The van der Waals surface area contributed by atoms with E-state index in [9.17, 15) is 4.79 Å². The summed E-state index contributed by atoms with van der Waals surface area (Å²) in [6.07, 6.45) is 2.82. The number of nitrogens with two attached hydrogens (primary N) is 1. The molecule has 0 unspecified atom stereocenters. The van der Waals surface area contributed by atoms with Gasteiger partial charge >= 0.3 is 0 Å². The molecule has 2 rings (SSSR count). The molecule has 0 aromatic heterocycles. The summed E-state index contributed by atoms with van der Waals surface area (Å²) < 4.78 is 0.306. The van der Waals surface area contributed by atoms with Crippen molar-refractivity contribution in [2.75, 3.05) is 18.8 Å². The highest BCUT2D eigenvalue weighted by molar-refractivity contribution is 8.00. The number of nitrogens with zero attached hydrogens (tertiary/aromatic N) is 1. The molecule has 86 valence electrons. The van der Waals surface area contributed by atoms with Crippen molar-refractivity contribution < 1.29 is 4.79 Å². The second-order valence-electron chi connectivity index (χ2n) is 5.31. The van der Waals surface area contributed by atoms with E-state index in [1.54, 1.807) is 0 Å². The average Bonchev–Trinajstić information content (AvgIpc) is 2.91. The Kier molecular flexibility index (Phi) is 2.75. The summed E-state index contributed by atoms with van der Waals surface area (Å²) in [5, 5.41) is 0. The first kappa shape index (κ1) is 11.3. The van der Waals surface area contributed by atoms with Crippen LogP contribution in [0.2, 0.25) is 0 Å². The molecule has 1 saturated heterocycles. The minimum absolute atomic E-state index is 0.181. The zero-order valence-electron chi connectivity index (χ0n) is 9.58. The summed E-state index contributed by atoms with van der Waals surface area (Å²) in [6, 6.07) is 0. The monoisotopic (exact) mass is 228 g/mol. The van der Waals surface area contributed by atoms with Gasteiger partial charge in [-0.2, -0.15) is 11.8 Å². The van der Waals surface area contributed by atoms with E-state index < -0.39 is 5.54 Å². The van der Waals surface area contributed by atoms with Crippen LogP contribution in [0.5, 0.6) is 0 Å². The molecule has 0 spiro atoms. The predicted octanol–water partition coefficient (Wildman–Crippen LogP) is 1.22. The van der Waals surface area contributed by atoms with Gasteiger partial charge in [-0.1, -0.05) is 13.8 Å². The van der Waals surface area contributed by atoms with Gasteiger partial charge in [0.25, 0.3) is 0 Å². The lowest BCUT2D eigenvalue weighted by Gasteiger charge is -2.24. The van der Waals surface area contributed by atoms with Gasteiger partial charge in [0.1, 0.15) is 0 Å². The molecule has 0 bridgehead atoms. The van der Waals surface area contributed by atoms with Gasteiger partial charge < -0.3 is 10.6 Å². The largest absolute Gasteiger partial charge is 0.340 e. The highest BCUT2D eigenvalue weighted by Crippen LogP contribution is 2.36. The van der Waals surface area contributed by atoms with Crippen molar-refractivity contribution in [1.29, 1.82) is 0 Å². The van der Waals surface area contributed by atoms with Crippen molar-refractivity contribution in [2.45, 2.75) is 43.4 Å². The van der Waals surface area contributed by atoms with Crippen LogP contribution < -0.4 is 5.73 Å². The first-order valence-corrected chi connectivity index (χ1v) is 6.64. The number of thioether (sulfide) groups is 1. The van der Waals surface area contributed by atoms with Gasteiger partial charge in [-0.3, -0.25) is 4.79 Å². The van der Waals surface area contributed by atoms with Crippen molar-refractivity contribution in [3.63, 3.8) is 0 Å². The molecule has 1 saturated carbocycles. The topological polar surface area (TPSA) is 46.3 Å². The molecular formula is C11H20N2OS. The Balaban J connectivity index is 1.96. The Bertz CT molecular complexity index is 274. The van der Waals surface area contributed by atoms with E-state index in [2.05, 4.69) is 13.8 Å². The highest BCUT2D eigenvalue weighted by Gasteiger charge is 2.48. The minimum atomic E-state index is -0.487. The summed E-state index contributed by atoms with van der Waals surface area (Å²) >= 11 is 1.96.